The number of rotatable bonds is 3. The molecule has 90 valence electrons. The van der Waals surface area contributed by atoms with Crippen molar-refractivity contribution in [3.63, 3.8) is 0 Å². The number of nitrogen functional groups attached to an aromatic ring is 1. The zero-order valence-corrected chi connectivity index (χ0v) is 8.80. The molecule has 0 saturated carbocycles. The van der Waals surface area contributed by atoms with Gasteiger partial charge in [-0.1, -0.05) is 5.18 Å². The summed E-state index contributed by atoms with van der Waals surface area (Å²) in [5, 5.41) is 2.66. The van der Waals surface area contributed by atoms with Crippen LogP contribution >= 0.6 is 0 Å². The van der Waals surface area contributed by atoms with E-state index >= 15 is 0 Å². The predicted octanol–water partition coefficient (Wildman–Crippen LogP) is 1.50. The SMILES string of the molecule is Nc1ccc(N2CC(CN=O)OC2=O)cc1F. The molecule has 0 bridgehead atoms. The number of hydrogen-bond donors (Lipinski definition) is 1. The molecule has 1 amide bonds. The van der Waals surface area contributed by atoms with Gasteiger partial charge in [0.1, 0.15) is 18.5 Å². The first kappa shape index (κ1) is 11.3. The molecule has 2 rings (SSSR count). The molecular weight excluding hydrogens is 229 g/mol. The van der Waals surface area contributed by atoms with Crippen molar-refractivity contribution in [2.75, 3.05) is 23.7 Å². The number of amides is 1. The number of carbonyl (C=O) groups is 1. The topological polar surface area (TPSA) is 85.0 Å². The highest BCUT2D eigenvalue weighted by Gasteiger charge is 2.32. The Kier molecular flexibility index (Phi) is 2.90. The quantitative estimate of drug-likeness (QED) is 0.639. The van der Waals surface area contributed by atoms with Gasteiger partial charge in [-0.3, -0.25) is 4.90 Å². The van der Waals surface area contributed by atoms with Crippen LogP contribution in [0.4, 0.5) is 20.6 Å². The molecule has 0 aromatic heterocycles. The average Bonchev–Trinajstić information content (AvgIpc) is 2.64. The molecule has 1 fully saturated rings. The Bertz CT molecular complexity index is 466. The first-order chi connectivity index (χ1) is 8.11. The number of cyclic esters (lactones) is 1. The second-order valence-electron chi connectivity index (χ2n) is 3.63. The maximum absolute atomic E-state index is 13.2. The van der Waals surface area contributed by atoms with Crippen LogP contribution in [-0.2, 0) is 4.74 Å². The fourth-order valence-electron chi connectivity index (χ4n) is 1.59. The summed E-state index contributed by atoms with van der Waals surface area (Å²) in [6, 6.07) is 4.02. The van der Waals surface area contributed by atoms with Crippen molar-refractivity contribution in [3.05, 3.63) is 28.9 Å². The maximum atomic E-state index is 13.2. The minimum absolute atomic E-state index is 0.00687. The van der Waals surface area contributed by atoms with Gasteiger partial charge in [-0.2, -0.15) is 4.91 Å². The molecule has 1 aromatic rings. The summed E-state index contributed by atoms with van der Waals surface area (Å²) >= 11 is 0. The molecule has 0 spiro atoms. The molecular formula is C10H10FN3O3. The number of nitrogens with two attached hydrogens (primary N) is 1. The Balaban J connectivity index is 2.19. The van der Waals surface area contributed by atoms with Gasteiger partial charge in [0.2, 0.25) is 0 Å². The van der Waals surface area contributed by atoms with Gasteiger partial charge in [-0.15, -0.1) is 0 Å². The second kappa shape index (κ2) is 4.36. The molecule has 1 aliphatic rings. The van der Waals surface area contributed by atoms with Crippen molar-refractivity contribution in [3.8, 4) is 0 Å². The van der Waals surface area contributed by atoms with Gasteiger partial charge in [0, 0.05) is 0 Å². The standard InChI is InChI=1S/C10H10FN3O3/c11-8-3-6(1-2-9(8)12)14-5-7(4-13-16)17-10(14)15/h1-3,7H,4-5,12H2. The minimum atomic E-state index is -0.622. The van der Waals surface area contributed by atoms with Gasteiger partial charge in [-0.05, 0) is 18.2 Å². The van der Waals surface area contributed by atoms with Crippen LogP contribution in [0.1, 0.15) is 0 Å². The van der Waals surface area contributed by atoms with E-state index in [0.717, 1.165) is 6.07 Å². The van der Waals surface area contributed by atoms with Crippen molar-refractivity contribution < 1.29 is 13.9 Å². The lowest BCUT2D eigenvalue weighted by Gasteiger charge is -2.13. The van der Waals surface area contributed by atoms with E-state index in [4.69, 9.17) is 10.5 Å². The number of carbonyl (C=O) groups excluding carboxylic acids is 1. The lowest BCUT2D eigenvalue weighted by Crippen LogP contribution is -2.25. The monoisotopic (exact) mass is 239 g/mol. The van der Waals surface area contributed by atoms with Crippen LogP contribution in [-0.4, -0.2) is 25.3 Å². The van der Waals surface area contributed by atoms with Gasteiger partial charge in [0.15, 0.2) is 0 Å². The normalized spacial score (nSPS) is 19.2. The Morgan fingerprint density at radius 2 is 2.35 bits per heavy atom. The number of anilines is 2. The van der Waals surface area contributed by atoms with Gasteiger partial charge in [0.25, 0.3) is 0 Å². The van der Waals surface area contributed by atoms with Gasteiger partial charge >= 0.3 is 6.09 Å². The number of ether oxygens (including phenoxy) is 1. The minimum Gasteiger partial charge on any atom is -0.442 e. The number of benzene rings is 1. The van der Waals surface area contributed by atoms with E-state index in [-0.39, 0.29) is 18.8 Å². The van der Waals surface area contributed by atoms with Crippen LogP contribution in [0, 0.1) is 10.7 Å². The van der Waals surface area contributed by atoms with Crippen LogP contribution in [0.3, 0.4) is 0 Å². The summed E-state index contributed by atoms with van der Waals surface area (Å²) in [4.78, 5) is 22.8. The maximum Gasteiger partial charge on any atom is 0.414 e. The lowest BCUT2D eigenvalue weighted by molar-refractivity contribution is 0.145. The zero-order chi connectivity index (χ0) is 12.4. The summed E-state index contributed by atoms with van der Waals surface area (Å²) in [5.74, 6) is -0.604. The molecule has 1 aromatic carbocycles. The molecule has 1 atom stereocenters. The number of hydrogen-bond acceptors (Lipinski definition) is 5. The van der Waals surface area contributed by atoms with E-state index in [1.807, 2.05) is 0 Å². The Morgan fingerprint density at radius 3 is 3.00 bits per heavy atom. The number of halogens is 1. The van der Waals surface area contributed by atoms with Crippen LogP contribution in [0.2, 0.25) is 0 Å². The summed E-state index contributed by atoms with van der Waals surface area (Å²) < 4.78 is 18.1. The Labute approximate surface area is 96.1 Å². The van der Waals surface area contributed by atoms with Crippen molar-refractivity contribution in [2.24, 2.45) is 5.18 Å². The molecule has 0 radical (unpaired) electrons. The highest BCUT2D eigenvalue weighted by molar-refractivity contribution is 5.90. The van der Waals surface area contributed by atoms with Crippen LogP contribution in [0.5, 0.6) is 0 Å². The van der Waals surface area contributed by atoms with E-state index in [2.05, 4.69) is 5.18 Å². The van der Waals surface area contributed by atoms with Gasteiger partial charge in [0.05, 0.1) is 17.9 Å². The molecule has 1 unspecified atom stereocenters. The summed E-state index contributed by atoms with van der Waals surface area (Å²) in [6.07, 6.45) is -1.21. The molecule has 1 saturated heterocycles. The van der Waals surface area contributed by atoms with Crippen LogP contribution in [0.15, 0.2) is 23.4 Å². The highest BCUT2D eigenvalue weighted by atomic mass is 19.1. The summed E-state index contributed by atoms with van der Waals surface area (Å²) in [5.41, 5.74) is 5.68. The second-order valence-corrected chi connectivity index (χ2v) is 3.63. The van der Waals surface area contributed by atoms with E-state index in [1.165, 1.54) is 17.0 Å². The van der Waals surface area contributed by atoms with Crippen molar-refractivity contribution in [1.29, 1.82) is 0 Å². The average molecular weight is 239 g/mol. The van der Waals surface area contributed by atoms with Crippen LogP contribution < -0.4 is 10.6 Å². The largest absolute Gasteiger partial charge is 0.442 e. The van der Waals surface area contributed by atoms with Crippen molar-refractivity contribution in [2.45, 2.75) is 6.10 Å². The van der Waals surface area contributed by atoms with E-state index in [9.17, 15) is 14.1 Å². The molecule has 0 aliphatic carbocycles. The molecule has 17 heavy (non-hydrogen) atoms. The number of nitroso groups, excluding NO2 is 1. The smallest absolute Gasteiger partial charge is 0.414 e. The first-order valence-corrected chi connectivity index (χ1v) is 4.94. The van der Waals surface area contributed by atoms with Gasteiger partial charge < -0.3 is 10.5 Å². The fraction of sp³-hybridized carbons (Fsp3) is 0.300. The predicted molar refractivity (Wildman–Crippen MR) is 59.1 cm³/mol. The van der Waals surface area contributed by atoms with Crippen LogP contribution in [0.25, 0.3) is 0 Å². The zero-order valence-electron chi connectivity index (χ0n) is 8.80. The fourth-order valence-corrected chi connectivity index (χ4v) is 1.59. The first-order valence-electron chi connectivity index (χ1n) is 4.94. The summed E-state index contributed by atoms with van der Waals surface area (Å²) in [6.45, 7) is 0.0631. The van der Waals surface area contributed by atoms with Crippen molar-refractivity contribution >= 4 is 17.5 Å². The third kappa shape index (κ3) is 2.17. The Morgan fingerprint density at radius 1 is 1.59 bits per heavy atom. The molecule has 1 aliphatic heterocycles. The molecule has 6 nitrogen and oxygen atoms in total. The Hall–Kier alpha value is -2.18. The van der Waals surface area contributed by atoms with Crippen molar-refractivity contribution in [1.82, 2.24) is 0 Å². The summed E-state index contributed by atoms with van der Waals surface area (Å²) in [7, 11) is 0. The third-order valence-electron chi connectivity index (χ3n) is 2.45. The van der Waals surface area contributed by atoms with Gasteiger partial charge in [-0.25, -0.2) is 9.18 Å². The third-order valence-corrected chi connectivity index (χ3v) is 2.45. The molecule has 2 N–H and O–H groups in total. The lowest BCUT2D eigenvalue weighted by atomic mass is 10.2. The highest BCUT2D eigenvalue weighted by Crippen LogP contribution is 2.24. The van der Waals surface area contributed by atoms with E-state index in [0.29, 0.717) is 5.69 Å². The van der Waals surface area contributed by atoms with E-state index in [1.54, 1.807) is 0 Å². The molecule has 7 heteroatoms. The molecule has 1 heterocycles. The van der Waals surface area contributed by atoms with E-state index < -0.39 is 18.0 Å². The number of nitrogens with zero attached hydrogens (tertiary/aromatic N) is 2.